The SMILES string of the molecule is Cc1ccccc1NC(=O)CNc1ccc(N2CCCC2=O)cc1. The van der Waals surface area contributed by atoms with Crippen LogP contribution < -0.4 is 15.5 Å². The van der Waals surface area contributed by atoms with Crippen molar-refractivity contribution in [2.75, 3.05) is 28.6 Å². The standard InChI is InChI=1S/C19H21N3O2/c1-14-5-2-3-6-17(14)21-18(23)13-20-15-8-10-16(11-9-15)22-12-4-7-19(22)24/h2-3,5-6,8-11,20H,4,7,12-13H2,1H3,(H,21,23). The Bertz CT molecular complexity index is 741. The lowest BCUT2D eigenvalue weighted by atomic mass is 10.2. The molecule has 2 amide bonds. The number of carbonyl (C=O) groups is 2. The maximum absolute atomic E-state index is 12.0. The van der Waals surface area contributed by atoms with E-state index in [4.69, 9.17) is 0 Å². The Hall–Kier alpha value is -2.82. The fourth-order valence-electron chi connectivity index (χ4n) is 2.77. The minimum absolute atomic E-state index is 0.0944. The minimum Gasteiger partial charge on any atom is -0.376 e. The quantitative estimate of drug-likeness (QED) is 0.888. The summed E-state index contributed by atoms with van der Waals surface area (Å²) >= 11 is 0. The van der Waals surface area contributed by atoms with Crippen LogP contribution in [0.15, 0.2) is 48.5 Å². The first-order valence-corrected chi connectivity index (χ1v) is 8.13. The van der Waals surface area contributed by atoms with E-state index in [0.717, 1.165) is 35.6 Å². The molecule has 2 aromatic rings. The number of anilines is 3. The molecule has 2 N–H and O–H groups in total. The van der Waals surface area contributed by atoms with Crippen molar-refractivity contribution in [3.05, 3.63) is 54.1 Å². The van der Waals surface area contributed by atoms with E-state index in [1.54, 1.807) is 4.90 Å². The van der Waals surface area contributed by atoms with Crippen LogP contribution in [0.1, 0.15) is 18.4 Å². The van der Waals surface area contributed by atoms with Gasteiger partial charge in [-0.15, -0.1) is 0 Å². The van der Waals surface area contributed by atoms with Crippen molar-refractivity contribution in [1.82, 2.24) is 0 Å². The van der Waals surface area contributed by atoms with Gasteiger partial charge < -0.3 is 15.5 Å². The summed E-state index contributed by atoms with van der Waals surface area (Å²) in [7, 11) is 0. The summed E-state index contributed by atoms with van der Waals surface area (Å²) in [6, 6.07) is 15.3. The van der Waals surface area contributed by atoms with Crippen LogP contribution in [-0.2, 0) is 9.59 Å². The fraction of sp³-hybridized carbons (Fsp3) is 0.263. The predicted molar refractivity (Wildman–Crippen MR) is 96.3 cm³/mol. The molecule has 5 heteroatoms. The smallest absolute Gasteiger partial charge is 0.243 e. The van der Waals surface area contributed by atoms with E-state index in [0.29, 0.717) is 6.42 Å². The van der Waals surface area contributed by atoms with E-state index in [1.807, 2.05) is 55.5 Å². The zero-order chi connectivity index (χ0) is 16.9. The first-order chi connectivity index (χ1) is 11.6. The van der Waals surface area contributed by atoms with Crippen molar-refractivity contribution in [3.63, 3.8) is 0 Å². The van der Waals surface area contributed by atoms with Crippen molar-refractivity contribution in [1.29, 1.82) is 0 Å². The largest absolute Gasteiger partial charge is 0.376 e. The topological polar surface area (TPSA) is 61.4 Å². The van der Waals surface area contributed by atoms with Crippen LogP contribution in [0, 0.1) is 6.92 Å². The lowest BCUT2D eigenvalue weighted by molar-refractivity contribution is -0.117. The molecule has 0 unspecified atom stereocenters. The van der Waals surface area contributed by atoms with Crippen LogP contribution in [0.2, 0.25) is 0 Å². The van der Waals surface area contributed by atoms with Crippen LogP contribution >= 0.6 is 0 Å². The number of hydrogen-bond donors (Lipinski definition) is 2. The molecular formula is C19H21N3O2. The van der Waals surface area contributed by atoms with E-state index in [2.05, 4.69) is 10.6 Å². The number of hydrogen-bond acceptors (Lipinski definition) is 3. The van der Waals surface area contributed by atoms with Gasteiger partial charge in [-0.05, 0) is 49.2 Å². The Balaban J connectivity index is 1.54. The zero-order valence-corrected chi connectivity index (χ0v) is 13.7. The monoisotopic (exact) mass is 323 g/mol. The zero-order valence-electron chi connectivity index (χ0n) is 13.7. The molecule has 124 valence electrons. The molecule has 0 atom stereocenters. The first kappa shape index (κ1) is 16.1. The van der Waals surface area contributed by atoms with Crippen molar-refractivity contribution >= 4 is 28.9 Å². The van der Waals surface area contributed by atoms with Gasteiger partial charge in [-0.1, -0.05) is 18.2 Å². The second-order valence-corrected chi connectivity index (χ2v) is 5.91. The van der Waals surface area contributed by atoms with E-state index >= 15 is 0 Å². The highest BCUT2D eigenvalue weighted by atomic mass is 16.2. The summed E-state index contributed by atoms with van der Waals surface area (Å²) in [4.78, 5) is 25.6. The summed E-state index contributed by atoms with van der Waals surface area (Å²) < 4.78 is 0. The Morgan fingerprint density at radius 1 is 1.12 bits per heavy atom. The molecule has 3 rings (SSSR count). The molecule has 1 aliphatic rings. The van der Waals surface area contributed by atoms with Crippen molar-refractivity contribution in [2.45, 2.75) is 19.8 Å². The Labute approximate surface area is 141 Å². The normalized spacial score (nSPS) is 13.9. The van der Waals surface area contributed by atoms with Gasteiger partial charge in [0.15, 0.2) is 0 Å². The Morgan fingerprint density at radius 2 is 1.88 bits per heavy atom. The third-order valence-corrected chi connectivity index (χ3v) is 4.12. The number of benzene rings is 2. The maximum Gasteiger partial charge on any atom is 0.243 e. The van der Waals surface area contributed by atoms with Gasteiger partial charge in [-0.2, -0.15) is 0 Å². The average Bonchev–Trinajstić information content (AvgIpc) is 3.02. The molecule has 1 aliphatic heterocycles. The van der Waals surface area contributed by atoms with E-state index in [-0.39, 0.29) is 18.4 Å². The van der Waals surface area contributed by atoms with Gasteiger partial charge in [0.2, 0.25) is 11.8 Å². The molecule has 1 heterocycles. The van der Waals surface area contributed by atoms with Gasteiger partial charge in [0.05, 0.1) is 6.54 Å². The molecular weight excluding hydrogens is 302 g/mol. The summed E-state index contributed by atoms with van der Waals surface area (Å²) in [5, 5.41) is 5.99. The van der Waals surface area contributed by atoms with Gasteiger partial charge in [-0.3, -0.25) is 9.59 Å². The minimum atomic E-state index is -0.0944. The lowest BCUT2D eigenvalue weighted by Crippen LogP contribution is -2.24. The molecule has 0 saturated carbocycles. The highest BCUT2D eigenvalue weighted by Crippen LogP contribution is 2.23. The molecule has 0 aromatic heterocycles. The van der Waals surface area contributed by atoms with Crippen molar-refractivity contribution in [2.24, 2.45) is 0 Å². The second-order valence-electron chi connectivity index (χ2n) is 5.91. The first-order valence-electron chi connectivity index (χ1n) is 8.13. The highest BCUT2D eigenvalue weighted by Gasteiger charge is 2.21. The molecule has 1 fully saturated rings. The molecule has 0 spiro atoms. The van der Waals surface area contributed by atoms with Crippen LogP contribution in [0.25, 0.3) is 0 Å². The summed E-state index contributed by atoms with van der Waals surface area (Å²) in [5.41, 5.74) is 3.62. The molecule has 2 aromatic carbocycles. The highest BCUT2D eigenvalue weighted by molar-refractivity contribution is 5.96. The Kier molecular flexibility index (Phi) is 4.79. The maximum atomic E-state index is 12.0. The van der Waals surface area contributed by atoms with Gasteiger partial charge in [0, 0.05) is 30.0 Å². The third kappa shape index (κ3) is 3.74. The molecule has 5 nitrogen and oxygen atoms in total. The van der Waals surface area contributed by atoms with Gasteiger partial charge >= 0.3 is 0 Å². The summed E-state index contributed by atoms with van der Waals surface area (Å²) in [5.74, 6) is 0.0800. The van der Waals surface area contributed by atoms with Gasteiger partial charge in [-0.25, -0.2) is 0 Å². The molecule has 0 bridgehead atoms. The third-order valence-electron chi connectivity index (χ3n) is 4.12. The van der Waals surface area contributed by atoms with Gasteiger partial charge in [0.25, 0.3) is 0 Å². The van der Waals surface area contributed by atoms with Crippen molar-refractivity contribution < 1.29 is 9.59 Å². The number of rotatable bonds is 5. The number of aryl methyl sites for hydroxylation is 1. The van der Waals surface area contributed by atoms with E-state index in [9.17, 15) is 9.59 Å². The van der Waals surface area contributed by atoms with Gasteiger partial charge in [0.1, 0.15) is 0 Å². The van der Waals surface area contributed by atoms with E-state index in [1.165, 1.54) is 0 Å². The molecule has 24 heavy (non-hydrogen) atoms. The molecule has 0 radical (unpaired) electrons. The number of amides is 2. The molecule has 1 saturated heterocycles. The number of nitrogens with one attached hydrogen (secondary N) is 2. The van der Waals surface area contributed by atoms with Crippen LogP contribution in [0.3, 0.4) is 0 Å². The van der Waals surface area contributed by atoms with Crippen LogP contribution in [0.5, 0.6) is 0 Å². The fourth-order valence-corrected chi connectivity index (χ4v) is 2.77. The van der Waals surface area contributed by atoms with E-state index < -0.39 is 0 Å². The van der Waals surface area contributed by atoms with Crippen LogP contribution in [-0.4, -0.2) is 24.9 Å². The number of carbonyl (C=O) groups excluding carboxylic acids is 2. The van der Waals surface area contributed by atoms with Crippen LogP contribution in [0.4, 0.5) is 17.1 Å². The second kappa shape index (κ2) is 7.17. The molecule has 0 aliphatic carbocycles. The lowest BCUT2D eigenvalue weighted by Gasteiger charge is -2.16. The predicted octanol–water partition coefficient (Wildman–Crippen LogP) is 3.17. The summed E-state index contributed by atoms with van der Waals surface area (Å²) in [6.07, 6.45) is 1.54. The Morgan fingerprint density at radius 3 is 2.54 bits per heavy atom. The summed E-state index contributed by atoms with van der Waals surface area (Å²) in [6.45, 7) is 2.93. The number of para-hydroxylation sites is 1. The average molecular weight is 323 g/mol. The van der Waals surface area contributed by atoms with Crippen molar-refractivity contribution in [3.8, 4) is 0 Å². The number of nitrogens with zero attached hydrogens (tertiary/aromatic N) is 1.